The molecule has 1 aromatic carbocycles. The fourth-order valence-corrected chi connectivity index (χ4v) is 1.04. The van der Waals surface area contributed by atoms with Gasteiger partial charge in [0.2, 0.25) is 0 Å². The van der Waals surface area contributed by atoms with Crippen LogP contribution < -0.4 is 5.32 Å². The van der Waals surface area contributed by atoms with Crippen LogP contribution in [0.1, 0.15) is 11.1 Å². The summed E-state index contributed by atoms with van der Waals surface area (Å²) in [4.78, 5) is 10.1. The molecule has 2 N–H and O–H groups in total. The zero-order valence-electron chi connectivity index (χ0n) is 7.51. The minimum atomic E-state index is -4.40. The van der Waals surface area contributed by atoms with Gasteiger partial charge in [-0.05, 0) is 17.7 Å². The first-order valence-corrected chi connectivity index (χ1v) is 4.02. The zero-order valence-corrected chi connectivity index (χ0v) is 7.51. The van der Waals surface area contributed by atoms with Crippen molar-refractivity contribution in [2.75, 3.05) is 0 Å². The second-order valence-corrected chi connectivity index (χ2v) is 2.86. The summed E-state index contributed by atoms with van der Waals surface area (Å²) < 4.78 is 36.7. The van der Waals surface area contributed by atoms with Gasteiger partial charge in [-0.15, -0.1) is 0 Å². The van der Waals surface area contributed by atoms with Gasteiger partial charge in [-0.25, -0.2) is 4.79 Å². The Morgan fingerprint density at radius 2 is 2.07 bits per heavy atom. The van der Waals surface area contributed by atoms with Gasteiger partial charge in [0.25, 0.3) is 0 Å². The minimum absolute atomic E-state index is 0.140. The molecule has 0 bridgehead atoms. The number of carbonyl (C=O) groups is 1. The van der Waals surface area contributed by atoms with Crippen molar-refractivity contribution in [3.8, 4) is 0 Å². The van der Waals surface area contributed by atoms with Crippen molar-refractivity contribution < 1.29 is 23.1 Å². The highest BCUT2D eigenvalue weighted by molar-refractivity contribution is 5.64. The smallest absolute Gasteiger partial charge is 0.416 e. The third-order valence-electron chi connectivity index (χ3n) is 1.70. The molecule has 0 aromatic heterocycles. The molecule has 3 nitrogen and oxygen atoms in total. The maximum absolute atomic E-state index is 12.2. The molecule has 1 aromatic rings. The third kappa shape index (κ3) is 3.49. The summed E-state index contributed by atoms with van der Waals surface area (Å²) in [6.07, 6.45) is -5.67. The van der Waals surface area contributed by atoms with Crippen LogP contribution in [0.4, 0.5) is 18.0 Å². The number of hydrogen-bond acceptors (Lipinski definition) is 1. The van der Waals surface area contributed by atoms with E-state index in [2.05, 4.69) is 0 Å². The SMILES string of the molecule is O=C(O)NCc1cccc(C(F)(F)F)c1. The molecule has 0 atom stereocenters. The van der Waals surface area contributed by atoms with E-state index in [0.717, 1.165) is 12.1 Å². The van der Waals surface area contributed by atoms with E-state index in [1.54, 1.807) is 0 Å². The van der Waals surface area contributed by atoms with E-state index in [4.69, 9.17) is 5.11 Å². The van der Waals surface area contributed by atoms with E-state index < -0.39 is 17.8 Å². The number of alkyl halides is 3. The van der Waals surface area contributed by atoms with Gasteiger partial charge in [-0.3, -0.25) is 0 Å². The molecule has 0 saturated carbocycles. The Morgan fingerprint density at radius 1 is 1.40 bits per heavy atom. The Bertz CT molecular complexity index is 363. The molecule has 0 unspecified atom stereocenters. The Labute approximate surface area is 83.5 Å². The first-order valence-electron chi connectivity index (χ1n) is 4.02. The summed E-state index contributed by atoms with van der Waals surface area (Å²) in [5.74, 6) is 0. The average molecular weight is 219 g/mol. The molecule has 82 valence electrons. The second-order valence-electron chi connectivity index (χ2n) is 2.86. The Hall–Kier alpha value is -1.72. The molecular formula is C9H8F3NO2. The minimum Gasteiger partial charge on any atom is -0.465 e. The molecule has 1 rings (SSSR count). The lowest BCUT2D eigenvalue weighted by molar-refractivity contribution is -0.137. The monoisotopic (exact) mass is 219 g/mol. The Kier molecular flexibility index (Phi) is 3.18. The van der Waals surface area contributed by atoms with Crippen LogP contribution in [0.3, 0.4) is 0 Å². The number of carboxylic acid groups (broad SMARTS) is 1. The predicted octanol–water partition coefficient (Wildman–Crippen LogP) is 2.47. The molecule has 15 heavy (non-hydrogen) atoms. The van der Waals surface area contributed by atoms with Gasteiger partial charge >= 0.3 is 12.3 Å². The summed E-state index contributed by atoms with van der Waals surface area (Å²) in [5.41, 5.74) is -0.514. The van der Waals surface area contributed by atoms with E-state index in [1.807, 2.05) is 5.32 Å². The lowest BCUT2D eigenvalue weighted by Gasteiger charge is -2.08. The fraction of sp³-hybridized carbons (Fsp3) is 0.222. The average Bonchev–Trinajstić information content (AvgIpc) is 2.14. The van der Waals surface area contributed by atoms with Crippen LogP contribution in [-0.2, 0) is 12.7 Å². The van der Waals surface area contributed by atoms with Gasteiger partial charge in [-0.2, -0.15) is 13.2 Å². The van der Waals surface area contributed by atoms with Crippen molar-refractivity contribution in [1.82, 2.24) is 5.32 Å². The van der Waals surface area contributed by atoms with Gasteiger partial charge in [-0.1, -0.05) is 12.1 Å². The number of halogens is 3. The summed E-state index contributed by atoms with van der Waals surface area (Å²) in [7, 11) is 0. The Morgan fingerprint density at radius 3 is 2.60 bits per heavy atom. The highest BCUT2D eigenvalue weighted by atomic mass is 19.4. The highest BCUT2D eigenvalue weighted by Crippen LogP contribution is 2.29. The van der Waals surface area contributed by atoms with Crippen LogP contribution in [0, 0.1) is 0 Å². The largest absolute Gasteiger partial charge is 0.465 e. The normalized spacial score (nSPS) is 11.1. The predicted molar refractivity (Wildman–Crippen MR) is 46.3 cm³/mol. The van der Waals surface area contributed by atoms with Crippen molar-refractivity contribution >= 4 is 6.09 Å². The van der Waals surface area contributed by atoms with Crippen LogP contribution in [-0.4, -0.2) is 11.2 Å². The van der Waals surface area contributed by atoms with Gasteiger partial charge in [0.1, 0.15) is 0 Å². The molecule has 0 aliphatic heterocycles. The van der Waals surface area contributed by atoms with Crippen molar-refractivity contribution in [3.63, 3.8) is 0 Å². The van der Waals surface area contributed by atoms with Crippen LogP contribution in [0.5, 0.6) is 0 Å². The Balaban J connectivity index is 2.79. The molecule has 6 heteroatoms. The van der Waals surface area contributed by atoms with Crippen molar-refractivity contribution in [2.24, 2.45) is 0 Å². The number of nitrogens with one attached hydrogen (secondary N) is 1. The van der Waals surface area contributed by atoms with Crippen LogP contribution in [0.25, 0.3) is 0 Å². The summed E-state index contributed by atoms with van der Waals surface area (Å²) in [6.45, 7) is -0.140. The molecule has 1 amide bonds. The first kappa shape index (κ1) is 11.4. The maximum atomic E-state index is 12.2. The highest BCUT2D eigenvalue weighted by Gasteiger charge is 2.30. The zero-order chi connectivity index (χ0) is 11.5. The number of amides is 1. The van der Waals surface area contributed by atoms with E-state index in [0.29, 0.717) is 0 Å². The molecule has 0 fully saturated rings. The van der Waals surface area contributed by atoms with E-state index >= 15 is 0 Å². The van der Waals surface area contributed by atoms with Crippen molar-refractivity contribution in [2.45, 2.75) is 12.7 Å². The molecule has 0 heterocycles. The van der Waals surface area contributed by atoms with Crippen molar-refractivity contribution in [3.05, 3.63) is 35.4 Å². The lowest BCUT2D eigenvalue weighted by Crippen LogP contribution is -2.20. The quantitative estimate of drug-likeness (QED) is 0.802. The number of benzene rings is 1. The van der Waals surface area contributed by atoms with Gasteiger partial charge in [0, 0.05) is 6.54 Å². The van der Waals surface area contributed by atoms with E-state index in [-0.39, 0.29) is 12.1 Å². The van der Waals surface area contributed by atoms with Crippen LogP contribution in [0.2, 0.25) is 0 Å². The number of hydrogen-bond donors (Lipinski definition) is 2. The van der Waals surface area contributed by atoms with Gasteiger partial charge in [0.15, 0.2) is 0 Å². The summed E-state index contributed by atoms with van der Waals surface area (Å²) in [5, 5.41) is 10.3. The van der Waals surface area contributed by atoms with Gasteiger partial charge < -0.3 is 10.4 Å². The fourth-order valence-electron chi connectivity index (χ4n) is 1.04. The van der Waals surface area contributed by atoms with Crippen LogP contribution >= 0.6 is 0 Å². The number of rotatable bonds is 2. The molecule has 0 saturated heterocycles. The van der Waals surface area contributed by atoms with E-state index in [1.165, 1.54) is 12.1 Å². The van der Waals surface area contributed by atoms with Crippen molar-refractivity contribution in [1.29, 1.82) is 0 Å². The summed E-state index contributed by atoms with van der Waals surface area (Å²) in [6, 6.07) is 4.51. The molecular weight excluding hydrogens is 211 g/mol. The maximum Gasteiger partial charge on any atom is 0.416 e. The summed E-state index contributed by atoms with van der Waals surface area (Å²) >= 11 is 0. The second kappa shape index (κ2) is 4.20. The van der Waals surface area contributed by atoms with Gasteiger partial charge in [0.05, 0.1) is 5.56 Å². The van der Waals surface area contributed by atoms with E-state index in [9.17, 15) is 18.0 Å². The lowest BCUT2D eigenvalue weighted by atomic mass is 10.1. The molecule has 0 radical (unpaired) electrons. The van der Waals surface area contributed by atoms with Crippen LogP contribution in [0.15, 0.2) is 24.3 Å². The standard InChI is InChI=1S/C9H8F3NO2/c10-9(11,12)7-3-1-2-6(4-7)5-13-8(14)15/h1-4,13H,5H2,(H,14,15). The first-order chi connectivity index (χ1) is 6.89. The third-order valence-corrected chi connectivity index (χ3v) is 1.70. The molecule has 0 aliphatic carbocycles. The molecule has 0 spiro atoms. The molecule has 0 aliphatic rings. The topological polar surface area (TPSA) is 49.3 Å².